The summed E-state index contributed by atoms with van der Waals surface area (Å²) in [6.45, 7) is 1.04. The first-order chi connectivity index (χ1) is 14.1. The minimum atomic E-state index is -0.535. The minimum absolute atomic E-state index is 0.101. The molecule has 150 valence electrons. The van der Waals surface area contributed by atoms with Crippen molar-refractivity contribution in [1.29, 1.82) is 0 Å². The predicted octanol–water partition coefficient (Wildman–Crippen LogP) is 3.12. The van der Waals surface area contributed by atoms with Crippen LogP contribution in [0.2, 0.25) is 0 Å². The van der Waals surface area contributed by atoms with Gasteiger partial charge in [-0.25, -0.2) is 0 Å². The topological polar surface area (TPSA) is 82.6 Å². The minimum Gasteiger partial charge on any atom is -0.497 e. The summed E-state index contributed by atoms with van der Waals surface area (Å²) in [5.74, 6) is 0.478. The lowest BCUT2D eigenvalue weighted by molar-refractivity contribution is 0.0461. The maximum absolute atomic E-state index is 13.0. The van der Waals surface area contributed by atoms with E-state index in [4.69, 9.17) is 4.74 Å². The predicted molar refractivity (Wildman–Crippen MR) is 111 cm³/mol. The fourth-order valence-corrected chi connectivity index (χ4v) is 4.00. The van der Waals surface area contributed by atoms with E-state index >= 15 is 0 Å². The first-order valence-corrected chi connectivity index (χ1v) is 9.80. The van der Waals surface area contributed by atoms with Crippen LogP contribution in [0.15, 0.2) is 59.5 Å². The quantitative estimate of drug-likeness (QED) is 0.715. The number of likely N-dealkylation sites (tertiary alicyclic amines) is 1. The van der Waals surface area contributed by atoms with Crippen LogP contribution in [0.5, 0.6) is 5.75 Å². The lowest BCUT2D eigenvalue weighted by Gasteiger charge is -2.34. The summed E-state index contributed by atoms with van der Waals surface area (Å²) < 4.78 is 5.18. The van der Waals surface area contributed by atoms with Gasteiger partial charge in [-0.2, -0.15) is 0 Å². The van der Waals surface area contributed by atoms with Crippen LogP contribution in [-0.4, -0.2) is 41.1 Å². The second kappa shape index (κ2) is 8.09. The van der Waals surface area contributed by atoms with Crippen molar-refractivity contribution in [2.75, 3.05) is 20.2 Å². The smallest absolute Gasteiger partial charge is 0.259 e. The highest BCUT2D eigenvalue weighted by Gasteiger charge is 2.29. The maximum Gasteiger partial charge on any atom is 0.259 e. The van der Waals surface area contributed by atoms with Crippen LogP contribution < -0.4 is 10.2 Å². The Morgan fingerprint density at radius 3 is 2.59 bits per heavy atom. The molecule has 1 saturated heterocycles. The molecule has 0 bridgehead atoms. The molecule has 0 saturated carbocycles. The Labute approximate surface area is 168 Å². The van der Waals surface area contributed by atoms with Gasteiger partial charge in [-0.15, -0.1) is 0 Å². The van der Waals surface area contributed by atoms with Gasteiger partial charge in [-0.3, -0.25) is 9.59 Å². The summed E-state index contributed by atoms with van der Waals surface area (Å²) in [6.07, 6.45) is 2.35. The van der Waals surface area contributed by atoms with Gasteiger partial charge in [0.05, 0.1) is 18.7 Å². The molecule has 2 N–H and O–H groups in total. The molecule has 1 amide bonds. The maximum atomic E-state index is 13.0. The molecule has 2 heterocycles. The number of nitrogens with one attached hydrogen (secondary N) is 1. The van der Waals surface area contributed by atoms with Crippen molar-refractivity contribution in [3.63, 3.8) is 0 Å². The summed E-state index contributed by atoms with van der Waals surface area (Å²) in [5, 5.41) is 11.1. The van der Waals surface area contributed by atoms with Crippen molar-refractivity contribution >= 4 is 16.8 Å². The van der Waals surface area contributed by atoms with Gasteiger partial charge in [0.15, 0.2) is 0 Å². The molecule has 29 heavy (non-hydrogen) atoms. The second-order valence-corrected chi connectivity index (χ2v) is 7.43. The molecule has 2 aromatic carbocycles. The van der Waals surface area contributed by atoms with Crippen LogP contribution in [0, 0.1) is 5.92 Å². The Morgan fingerprint density at radius 2 is 1.90 bits per heavy atom. The number of carbonyl (C=O) groups is 1. The molecule has 0 radical (unpaired) electrons. The number of aromatic nitrogens is 1. The Hall–Kier alpha value is -3.12. The third kappa shape index (κ3) is 3.76. The van der Waals surface area contributed by atoms with Crippen LogP contribution in [-0.2, 0) is 0 Å². The number of rotatable bonds is 4. The molecule has 1 aliphatic rings. The van der Waals surface area contributed by atoms with Crippen molar-refractivity contribution in [1.82, 2.24) is 9.88 Å². The summed E-state index contributed by atoms with van der Waals surface area (Å²) in [4.78, 5) is 30.5. The number of aromatic amines is 1. The molecular formula is C23H24N2O4. The van der Waals surface area contributed by atoms with Gasteiger partial charge >= 0.3 is 0 Å². The van der Waals surface area contributed by atoms with Crippen LogP contribution in [0.3, 0.4) is 0 Å². The largest absolute Gasteiger partial charge is 0.497 e. The van der Waals surface area contributed by atoms with Crippen molar-refractivity contribution in [3.8, 4) is 5.75 Å². The number of benzene rings is 2. The summed E-state index contributed by atoms with van der Waals surface area (Å²) in [7, 11) is 1.57. The molecule has 1 unspecified atom stereocenters. The molecule has 1 aliphatic heterocycles. The summed E-state index contributed by atoms with van der Waals surface area (Å²) >= 11 is 0. The van der Waals surface area contributed by atoms with Gasteiger partial charge in [0.1, 0.15) is 11.3 Å². The van der Waals surface area contributed by atoms with E-state index in [9.17, 15) is 14.7 Å². The van der Waals surface area contributed by atoms with E-state index in [1.165, 1.54) is 6.20 Å². The van der Waals surface area contributed by atoms with Gasteiger partial charge < -0.3 is 19.7 Å². The Bertz CT molecular complexity index is 1070. The highest BCUT2D eigenvalue weighted by Crippen LogP contribution is 2.31. The van der Waals surface area contributed by atoms with E-state index in [2.05, 4.69) is 4.98 Å². The van der Waals surface area contributed by atoms with E-state index in [0.717, 1.165) is 5.56 Å². The number of hydrogen-bond donors (Lipinski definition) is 2. The van der Waals surface area contributed by atoms with Gasteiger partial charge in [0.25, 0.3) is 5.91 Å². The number of amides is 1. The molecule has 1 atom stereocenters. The number of aliphatic hydroxyl groups is 1. The van der Waals surface area contributed by atoms with Gasteiger partial charge in [-0.05, 0) is 36.5 Å². The van der Waals surface area contributed by atoms with Gasteiger partial charge in [-0.1, -0.05) is 30.3 Å². The highest BCUT2D eigenvalue weighted by molar-refractivity contribution is 5.97. The number of ether oxygens (including phenoxy) is 1. The SMILES string of the molecule is COc1ccc2c(=O)c(C(=O)N3CCC(C(O)c4ccccc4)CC3)c[nH]c2c1. The second-order valence-electron chi connectivity index (χ2n) is 7.43. The molecule has 0 aliphatic carbocycles. The van der Waals surface area contributed by atoms with Crippen molar-refractivity contribution in [3.05, 3.63) is 76.1 Å². The number of aliphatic hydroxyl groups excluding tert-OH is 1. The zero-order valence-corrected chi connectivity index (χ0v) is 16.3. The zero-order valence-electron chi connectivity index (χ0n) is 16.3. The Morgan fingerprint density at radius 1 is 1.17 bits per heavy atom. The van der Waals surface area contributed by atoms with E-state index in [-0.39, 0.29) is 22.8 Å². The average molecular weight is 392 g/mol. The summed E-state index contributed by atoms with van der Waals surface area (Å²) in [5.41, 5.74) is 1.40. The average Bonchev–Trinajstić information content (AvgIpc) is 2.79. The third-order valence-corrected chi connectivity index (χ3v) is 5.73. The van der Waals surface area contributed by atoms with Crippen LogP contribution in [0.25, 0.3) is 10.9 Å². The first-order valence-electron chi connectivity index (χ1n) is 9.80. The van der Waals surface area contributed by atoms with Crippen LogP contribution >= 0.6 is 0 Å². The number of piperidine rings is 1. The lowest BCUT2D eigenvalue weighted by atomic mass is 9.87. The van der Waals surface area contributed by atoms with Gasteiger partial charge in [0.2, 0.25) is 5.43 Å². The molecule has 3 aromatic rings. The molecule has 1 aromatic heterocycles. The molecule has 1 fully saturated rings. The monoisotopic (exact) mass is 392 g/mol. The first kappa shape index (κ1) is 19.2. The van der Waals surface area contributed by atoms with Crippen molar-refractivity contribution < 1.29 is 14.6 Å². The van der Waals surface area contributed by atoms with E-state index in [0.29, 0.717) is 42.6 Å². The zero-order chi connectivity index (χ0) is 20.4. The Balaban J connectivity index is 1.48. The molecule has 4 rings (SSSR count). The van der Waals surface area contributed by atoms with Crippen molar-refractivity contribution in [2.45, 2.75) is 18.9 Å². The molecule has 0 spiro atoms. The number of carbonyl (C=O) groups excluding carboxylic acids is 1. The summed E-state index contributed by atoms with van der Waals surface area (Å²) in [6, 6.07) is 14.7. The number of nitrogens with zero attached hydrogens (tertiary/aromatic N) is 1. The van der Waals surface area contributed by atoms with Gasteiger partial charge in [0, 0.05) is 30.7 Å². The van der Waals surface area contributed by atoms with E-state index in [1.807, 2.05) is 30.3 Å². The van der Waals surface area contributed by atoms with Crippen LogP contribution in [0.4, 0.5) is 0 Å². The van der Waals surface area contributed by atoms with Crippen molar-refractivity contribution in [2.24, 2.45) is 5.92 Å². The molecule has 6 heteroatoms. The number of hydrogen-bond acceptors (Lipinski definition) is 4. The fourth-order valence-electron chi connectivity index (χ4n) is 4.00. The molecule has 6 nitrogen and oxygen atoms in total. The van der Waals surface area contributed by atoms with E-state index in [1.54, 1.807) is 30.2 Å². The number of H-pyrrole nitrogens is 1. The normalized spacial score (nSPS) is 16.0. The number of pyridine rings is 1. The number of fused-ring (bicyclic) bond motifs is 1. The Kier molecular flexibility index (Phi) is 5.36. The fraction of sp³-hybridized carbons (Fsp3) is 0.304. The molecular weight excluding hydrogens is 368 g/mol. The van der Waals surface area contributed by atoms with E-state index < -0.39 is 6.10 Å². The lowest BCUT2D eigenvalue weighted by Crippen LogP contribution is -2.41. The number of methoxy groups -OCH3 is 1. The van der Waals surface area contributed by atoms with Crippen LogP contribution in [0.1, 0.15) is 34.9 Å². The third-order valence-electron chi connectivity index (χ3n) is 5.73. The highest BCUT2D eigenvalue weighted by atomic mass is 16.5. The standard InChI is InChI=1S/C23H24N2O4/c1-29-17-7-8-18-20(13-17)24-14-19(22(18)27)23(28)25-11-9-16(10-12-25)21(26)15-5-3-2-4-6-15/h2-8,13-14,16,21,26H,9-12H2,1H3,(H,24,27).